The normalized spacial score (nSPS) is 12.7. The van der Waals surface area contributed by atoms with Gasteiger partial charge in [0.15, 0.2) is 0 Å². The summed E-state index contributed by atoms with van der Waals surface area (Å²) in [4.78, 5) is 2.32. The van der Waals surface area contributed by atoms with Gasteiger partial charge >= 0.3 is 0 Å². The maximum atomic E-state index is 13.7. The van der Waals surface area contributed by atoms with Crippen LogP contribution in [0.4, 0.5) is 4.39 Å². The summed E-state index contributed by atoms with van der Waals surface area (Å²) >= 11 is 7.35. The van der Waals surface area contributed by atoms with Gasteiger partial charge in [0.1, 0.15) is 5.82 Å². The van der Waals surface area contributed by atoms with Crippen molar-refractivity contribution in [2.45, 2.75) is 25.9 Å². The average molecular weight is 285 g/mol. The van der Waals surface area contributed by atoms with Crippen molar-refractivity contribution in [2.75, 3.05) is 0 Å². The Bertz CT molecular complexity index is 538. The molecule has 0 aliphatic heterocycles. The standard InChI is InChI=1S/C14H14ClFOS/c1-2-9-6-7-10(18-9)8-13(17)11-4-3-5-12(15)14(11)16/h3-7,13,17H,2,8H2,1H3. The van der Waals surface area contributed by atoms with Gasteiger partial charge in [-0.25, -0.2) is 4.39 Å². The molecule has 1 aromatic heterocycles. The van der Waals surface area contributed by atoms with Crippen molar-refractivity contribution in [1.82, 2.24) is 0 Å². The molecule has 2 aromatic rings. The molecule has 1 nitrogen and oxygen atoms in total. The molecule has 96 valence electrons. The lowest BCUT2D eigenvalue weighted by Crippen LogP contribution is -2.03. The molecule has 0 spiro atoms. The summed E-state index contributed by atoms with van der Waals surface area (Å²) in [5, 5.41) is 10.1. The fraction of sp³-hybridized carbons (Fsp3) is 0.286. The maximum absolute atomic E-state index is 13.7. The minimum atomic E-state index is -0.855. The molecular formula is C14H14ClFOS. The summed E-state index contributed by atoms with van der Waals surface area (Å²) in [6.07, 6.45) is 0.542. The predicted molar refractivity (Wildman–Crippen MR) is 73.8 cm³/mol. The molecule has 1 N–H and O–H groups in total. The molecule has 18 heavy (non-hydrogen) atoms. The molecule has 0 saturated heterocycles. The van der Waals surface area contributed by atoms with Crippen LogP contribution in [0.3, 0.4) is 0 Å². The van der Waals surface area contributed by atoms with E-state index in [0.717, 1.165) is 11.3 Å². The topological polar surface area (TPSA) is 20.2 Å². The van der Waals surface area contributed by atoms with Crippen LogP contribution in [0.2, 0.25) is 5.02 Å². The second kappa shape index (κ2) is 5.83. The van der Waals surface area contributed by atoms with Crippen LogP contribution in [0.25, 0.3) is 0 Å². The van der Waals surface area contributed by atoms with Gasteiger partial charge in [-0.15, -0.1) is 11.3 Å². The Hall–Kier alpha value is -0.900. The van der Waals surface area contributed by atoms with Crippen LogP contribution in [0.15, 0.2) is 30.3 Å². The molecule has 1 unspecified atom stereocenters. The van der Waals surface area contributed by atoms with E-state index >= 15 is 0 Å². The third kappa shape index (κ3) is 2.91. The lowest BCUT2D eigenvalue weighted by molar-refractivity contribution is 0.174. The van der Waals surface area contributed by atoms with Gasteiger partial charge in [-0.3, -0.25) is 0 Å². The largest absolute Gasteiger partial charge is 0.388 e. The van der Waals surface area contributed by atoms with Gasteiger partial charge in [0.2, 0.25) is 0 Å². The molecule has 1 heterocycles. The Morgan fingerprint density at radius 2 is 2.00 bits per heavy atom. The highest BCUT2D eigenvalue weighted by atomic mass is 35.5. The fourth-order valence-corrected chi connectivity index (χ4v) is 2.98. The van der Waals surface area contributed by atoms with Crippen LogP contribution in [0.1, 0.15) is 28.3 Å². The van der Waals surface area contributed by atoms with Gasteiger partial charge in [-0.05, 0) is 24.6 Å². The van der Waals surface area contributed by atoms with Gasteiger partial charge < -0.3 is 5.11 Å². The van der Waals surface area contributed by atoms with Crippen molar-refractivity contribution in [2.24, 2.45) is 0 Å². The van der Waals surface area contributed by atoms with Crippen LogP contribution in [0, 0.1) is 5.82 Å². The first-order chi connectivity index (χ1) is 8.61. The van der Waals surface area contributed by atoms with Crippen molar-refractivity contribution < 1.29 is 9.50 Å². The van der Waals surface area contributed by atoms with Crippen LogP contribution < -0.4 is 0 Å². The SMILES string of the molecule is CCc1ccc(CC(O)c2cccc(Cl)c2F)s1. The minimum Gasteiger partial charge on any atom is -0.388 e. The van der Waals surface area contributed by atoms with Gasteiger partial charge in [0.05, 0.1) is 11.1 Å². The van der Waals surface area contributed by atoms with Crippen molar-refractivity contribution in [3.8, 4) is 0 Å². The van der Waals surface area contributed by atoms with E-state index in [0.29, 0.717) is 6.42 Å². The third-order valence-electron chi connectivity index (χ3n) is 2.80. The Labute approximate surface area is 115 Å². The molecule has 2 rings (SSSR count). The van der Waals surface area contributed by atoms with Crippen molar-refractivity contribution >= 4 is 22.9 Å². The van der Waals surface area contributed by atoms with E-state index in [1.54, 1.807) is 23.5 Å². The lowest BCUT2D eigenvalue weighted by Gasteiger charge is -2.11. The lowest BCUT2D eigenvalue weighted by atomic mass is 10.1. The summed E-state index contributed by atoms with van der Waals surface area (Å²) < 4.78 is 13.7. The zero-order valence-corrected chi connectivity index (χ0v) is 11.6. The predicted octanol–water partition coefficient (Wildman–Crippen LogP) is 4.38. The van der Waals surface area contributed by atoms with Gasteiger partial charge in [0.25, 0.3) is 0 Å². The van der Waals surface area contributed by atoms with Gasteiger partial charge in [0, 0.05) is 21.7 Å². The number of hydrogen-bond acceptors (Lipinski definition) is 2. The molecule has 0 fully saturated rings. The Kier molecular flexibility index (Phi) is 4.38. The first kappa shape index (κ1) is 13.5. The number of aliphatic hydroxyl groups is 1. The quantitative estimate of drug-likeness (QED) is 0.883. The molecular weight excluding hydrogens is 271 g/mol. The summed E-state index contributed by atoms with van der Waals surface area (Å²) in [5.41, 5.74) is 0.258. The summed E-state index contributed by atoms with van der Waals surface area (Å²) in [5.74, 6) is -0.529. The summed E-state index contributed by atoms with van der Waals surface area (Å²) in [6.45, 7) is 2.09. The molecule has 4 heteroatoms. The van der Waals surface area contributed by atoms with Crippen molar-refractivity contribution in [3.63, 3.8) is 0 Å². The Morgan fingerprint density at radius 1 is 1.28 bits per heavy atom. The number of halogens is 2. The van der Waals surface area contributed by atoms with Crippen LogP contribution >= 0.6 is 22.9 Å². The fourth-order valence-electron chi connectivity index (χ4n) is 1.80. The third-order valence-corrected chi connectivity index (χ3v) is 4.34. The number of thiophene rings is 1. The summed E-state index contributed by atoms with van der Waals surface area (Å²) in [7, 11) is 0. The zero-order chi connectivity index (χ0) is 13.1. The van der Waals surface area contributed by atoms with E-state index in [-0.39, 0.29) is 10.6 Å². The van der Waals surface area contributed by atoms with Crippen LogP contribution in [-0.4, -0.2) is 5.11 Å². The maximum Gasteiger partial charge on any atom is 0.147 e. The number of aryl methyl sites for hydroxylation is 1. The smallest absolute Gasteiger partial charge is 0.147 e. The van der Waals surface area contributed by atoms with E-state index in [1.165, 1.54) is 10.9 Å². The first-order valence-electron chi connectivity index (χ1n) is 5.81. The zero-order valence-electron chi connectivity index (χ0n) is 9.99. The number of aliphatic hydroxyl groups excluding tert-OH is 1. The van der Waals surface area contributed by atoms with Gasteiger partial charge in [-0.1, -0.05) is 30.7 Å². The van der Waals surface area contributed by atoms with E-state index < -0.39 is 11.9 Å². The Morgan fingerprint density at radius 3 is 2.67 bits per heavy atom. The average Bonchev–Trinajstić information content (AvgIpc) is 2.80. The van der Waals surface area contributed by atoms with E-state index in [4.69, 9.17) is 11.6 Å². The van der Waals surface area contributed by atoms with Gasteiger partial charge in [-0.2, -0.15) is 0 Å². The van der Waals surface area contributed by atoms with E-state index in [2.05, 4.69) is 6.92 Å². The highest BCUT2D eigenvalue weighted by Gasteiger charge is 2.16. The number of rotatable bonds is 4. The molecule has 0 amide bonds. The minimum absolute atomic E-state index is 0.0481. The molecule has 0 radical (unpaired) electrons. The molecule has 0 bridgehead atoms. The highest BCUT2D eigenvalue weighted by molar-refractivity contribution is 7.11. The second-order valence-electron chi connectivity index (χ2n) is 4.08. The molecule has 0 aliphatic carbocycles. The molecule has 1 aromatic carbocycles. The molecule has 0 saturated carbocycles. The highest BCUT2D eigenvalue weighted by Crippen LogP contribution is 2.28. The Balaban J connectivity index is 2.16. The second-order valence-corrected chi connectivity index (χ2v) is 5.74. The number of hydrogen-bond donors (Lipinski definition) is 1. The van der Waals surface area contributed by atoms with E-state index in [1.807, 2.05) is 12.1 Å². The van der Waals surface area contributed by atoms with Crippen molar-refractivity contribution in [1.29, 1.82) is 0 Å². The van der Waals surface area contributed by atoms with Crippen LogP contribution in [0.5, 0.6) is 0 Å². The van der Waals surface area contributed by atoms with E-state index in [9.17, 15) is 9.50 Å². The van der Waals surface area contributed by atoms with Crippen molar-refractivity contribution in [3.05, 3.63) is 56.5 Å². The molecule has 0 aliphatic rings. The first-order valence-corrected chi connectivity index (χ1v) is 7.00. The number of benzene rings is 1. The summed E-state index contributed by atoms with van der Waals surface area (Å²) in [6, 6.07) is 8.72. The van der Waals surface area contributed by atoms with Crippen LogP contribution in [-0.2, 0) is 12.8 Å². The molecule has 1 atom stereocenters. The monoisotopic (exact) mass is 284 g/mol.